The molecule has 194 valence electrons. The number of carboxylic acid groups (broad SMARTS) is 1. The zero-order valence-electron chi connectivity index (χ0n) is 20.1. The lowest BCUT2D eigenvalue weighted by atomic mass is 9.99. The van der Waals surface area contributed by atoms with Crippen molar-refractivity contribution >= 4 is 44.8 Å². The number of carboxylic acids is 1. The van der Waals surface area contributed by atoms with Crippen molar-refractivity contribution in [3.05, 3.63) is 76.8 Å². The summed E-state index contributed by atoms with van der Waals surface area (Å²) < 4.78 is 29.1. The predicted octanol–water partition coefficient (Wildman–Crippen LogP) is 3.75. The number of nitrogens with zero attached hydrogens (tertiary/aromatic N) is 2. The molecule has 37 heavy (non-hydrogen) atoms. The minimum atomic E-state index is -4.14. The second-order valence-electron chi connectivity index (χ2n) is 9.45. The van der Waals surface area contributed by atoms with Gasteiger partial charge in [0, 0.05) is 47.6 Å². The second kappa shape index (κ2) is 9.85. The Kier molecular flexibility index (Phi) is 6.88. The van der Waals surface area contributed by atoms with Gasteiger partial charge in [0.05, 0.1) is 0 Å². The maximum Gasteiger partial charge on any atom is 0.325 e. The smallest absolute Gasteiger partial charge is 0.325 e. The summed E-state index contributed by atoms with van der Waals surface area (Å²) >= 11 is 7.00. The Balaban J connectivity index is 1.40. The van der Waals surface area contributed by atoms with Crippen molar-refractivity contribution in [2.45, 2.75) is 22.1 Å². The summed E-state index contributed by atoms with van der Waals surface area (Å²) in [5.74, 6) is -2.09. The van der Waals surface area contributed by atoms with Crippen LogP contribution in [0.15, 0.2) is 64.9 Å². The number of carbonyl (C=O) groups is 2. The van der Waals surface area contributed by atoms with E-state index in [4.69, 9.17) is 11.6 Å². The summed E-state index contributed by atoms with van der Waals surface area (Å²) in [4.78, 5) is 30.4. The van der Waals surface area contributed by atoms with Crippen LogP contribution in [0.25, 0.3) is 10.4 Å². The van der Waals surface area contributed by atoms with Crippen LogP contribution in [0.3, 0.4) is 0 Å². The van der Waals surface area contributed by atoms with Gasteiger partial charge in [-0.3, -0.25) is 9.59 Å². The number of hydrogen-bond donors (Lipinski definition) is 2. The molecule has 8 nitrogen and oxygen atoms in total. The van der Waals surface area contributed by atoms with Crippen molar-refractivity contribution in [2.75, 3.05) is 33.2 Å². The average molecular weight is 560 g/mol. The van der Waals surface area contributed by atoms with Crippen LogP contribution in [0.5, 0.6) is 0 Å². The first-order valence-electron chi connectivity index (χ1n) is 11.8. The highest BCUT2D eigenvalue weighted by Gasteiger charge is 2.64. The van der Waals surface area contributed by atoms with E-state index in [1.54, 1.807) is 59.5 Å². The number of hydrogen-bond acceptors (Lipinski definition) is 6. The molecule has 2 atom stereocenters. The zero-order valence-corrected chi connectivity index (χ0v) is 22.4. The van der Waals surface area contributed by atoms with Crippen molar-refractivity contribution < 1.29 is 23.1 Å². The van der Waals surface area contributed by atoms with Gasteiger partial charge in [0.2, 0.25) is 0 Å². The molecule has 1 aliphatic carbocycles. The number of carbonyl (C=O) groups excluding carboxylic acids is 1. The summed E-state index contributed by atoms with van der Waals surface area (Å²) in [6.45, 7) is 2.68. The number of amides is 1. The quantitative estimate of drug-likeness (QED) is 0.457. The van der Waals surface area contributed by atoms with Crippen LogP contribution >= 0.6 is 22.9 Å². The fourth-order valence-corrected chi connectivity index (χ4v) is 7.57. The number of halogens is 1. The molecule has 2 N–H and O–H groups in total. The first-order valence-corrected chi connectivity index (χ1v) is 14.5. The van der Waals surface area contributed by atoms with E-state index in [0.29, 0.717) is 29.2 Å². The van der Waals surface area contributed by atoms with E-state index in [0.717, 1.165) is 34.9 Å². The van der Waals surface area contributed by atoms with E-state index in [9.17, 15) is 23.1 Å². The van der Waals surface area contributed by atoms with Gasteiger partial charge in [-0.1, -0.05) is 41.9 Å². The van der Waals surface area contributed by atoms with Crippen LogP contribution in [0.1, 0.15) is 28.3 Å². The molecular weight excluding hydrogens is 534 g/mol. The summed E-state index contributed by atoms with van der Waals surface area (Å²) in [5.41, 5.74) is 0.0522. The van der Waals surface area contributed by atoms with Gasteiger partial charge in [-0.15, -0.1) is 11.3 Å². The molecule has 2 fully saturated rings. The Morgan fingerprint density at radius 2 is 1.70 bits per heavy atom. The van der Waals surface area contributed by atoms with E-state index < -0.39 is 27.4 Å². The van der Waals surface area contributed by atoms with Gasteiger partial charge in [0.1, 0.15) is 9.75 Å². The monoisotopic (exact) mass is 559 g/mol. The number of piperazine rings is 1. The third-order valence-corrected chi connectivity index (χ3v) is 10.4. The van der Waals surface area contributed by atoms with E-state index in [1.165, 1.54) is 6.07 Å². The van der Waals surface area contributed by atoms with Gasteiger partial charge in [-0.05, 0) is 54.9 Å². The molecule has 1 amide bonds. The number of benzene rings is 2. The number of aliphatic carboxylic acids is 1. The molecule has 2 aromatic carbocycles. The molecule has 0 radical (unpaired) electrons. The number of rotatable bonds is 7. The van der Waals surface area contributed by atoms with E-state index >= 15 is 0 Å². The van der Waals surface area contributed by atoms with Crippen LogP contribution in [-0.2, 0) is 14.8 Å². The molecule has 1 saturated carbocycles. The van der Waals surface area contributed by atoms with E-state index in [-0.39, 0.29) is 16.5 Å². The molecule has 3 aromatic rings. The second-order valence-corrected chi connectivity index (χ2v) is 12.9. The van der Waals surface area contributed by atoms with E-state index in [1.807, 2.05) is 7.05 Å². The first-order chi connectivity index (χ1) is 17.6. The van der Waals surface area contributed by atoms with Gasteiger partial charge >= 0.3 is 5.97 Å². The maximum absolute atomic E-state index is 13.3. The zero-order chi connectivity index (χ0) is 26.4. The number of thiophene rings is 1. The van der Waals surface area contributed by atoms with Crippen molar-refractivity contribution in [1.82, 2.24) is 14.5 Å². The molecule has 1 saturated heterocycles. The fraction of sp³-hybridized carbons (Fsp3) is 0.308. The summed E-state index contributed by atoms with van der Waals surface area (Å²) in [5, 5.41) is 10.7. The molecule has 5 rings (SSSR count). The third kappa shape index (κ3) is 5.04. The Morgan fingerprint density at radius 1 is 1.03 bits per heavy atom. The topological polar surface area (TPSA) is 107 Å². The molecule has 2 unspecified atom stereocenters. The Hall–Kier alpha value is -2.76. The van der Waals surface area contributed by atoms with Gasteiger partial charge in [-0.2, -0.15) is 4.72 Å². The first kappa shape index (κ1) is 25.9. The summed E-state index contributed by atoms with van der Waals surface area (Å²) in [6, 6.07) is 17.1. The predicted molar refractivity (Wildman–Crippen MR) is 143 cm³/mol. The Bertz CT molecular complexity index is 1450. The number of likely N-dealkylation sites (N-methyl/N-ethyl adjacent to an activating group) is 1. The molecule has 0 bridgehead atoms. The molecular formula is C26H26ClN3O5S2. The Labute approximate surface area is 224 Å². The molecule has 1 aliphatic heterocycles. The lowest BCUT2D eigenvalue weighted by Crippen LogP contribution is -2.47. The minimum absolute atomic E-state index is 0.0190. The molecule has 1 aromatic heterocycles. The largest absolute Gasteiger partial charge is 0.480 e. The SMILES string of the molecule is CN1CCN(C(=O)c2ccccc2C2CC2(NS(=O)(=O)c2ccc(-c3ccc(Cl)cc3)s2)C(=O)O)CC1. The van der Waals surface area contributed by atoms with Crippen LogP contribution in [0, 0.1) is 0 Å². The average Bonchev–Trinajstić information content (AvgIpc) is 3.36. The van der Waals surface area contributed by atoms with E-state index in [2.05, 4.69) is 9.62 Å². The fourth-order valence-electron chi connectivity index (χ4n) is 4.73. The van der Waals surface area contributed by atoms with Crippen LogP contribution in [-0.4, -0.2) is 74.0 Å². The highest BCUT2D eigenvalue weighted by atomic mass is 35.5. The highest BCUT2D eigenvalue weighted by Crippen LogP contribution is 2.53. The van der Waals surface area contributed by atoms with Gasteiger partial charge in [0.15, 0.2) is 0 Å². The number of nitrogens with one attached hydrogen (secondary N) is 1. The molecule has 2 aliphatic rings. The maximum atomic E-state index is 13.3. The minimum Gasteiger partial charge on any atom is -0.480 e. The van der Waals surface area contributed by atoms with Gasteiger partial charge < -0.3 is 14.9 Å². The molecule has 11 heteroatoms. The Morgan fingerprint density at radius 3 is 2.38 bits per heavy atom. The van der Waals surface area contributed by atoms with Crippen molar-refractivity contribution in [1.29, 1.82) is 0 Å². The van der Waals surface area contributed by atoms with Crippen molar-refractivity contribution in [3.63, 3.8) is 0 Å². The van der Waals surface area contributed by atoms with Gasteiger partial charge in [0.25, 0.3) is 15.9 Å². The highest BCUT2D eigenvalue weighted by molar-refractivity contribution is 7.91. The standard InChI is InChI=1S/C26H26ClN3O5S2/c1-29-12-14-30(15-13-29)24(31)20-5-3-2-4-19(20)21-16-26(21,25(32)33)28-37(34,35)23-11-10-22(36-23)17-6-8-18(27)9-7-17/h2-11,21,28H,12-16H2,1H3,(H,32,33). The molecule has 0 spiro atoms. The van der Waals surface area contributed by atoms with Crippen LogP contribution < -0.4 is 4.72 Å². The van der Waals surface area contributed by atoms with Gasteiger partial charge in [-0.25, -0.2) is 8.42 Å². The van der Waals surface area contributed by atoms with Crippen molar-refractivity contribution in [3.8, 4) is 10.4 Å². The summed E-state index contributed by atoms with van der Waals surface area (Å²) in [6.07, 6.45) is 0.0595. The lowest BCUT2D eigenvalue weighted by Gasteiger charge is -2.33. The normalized spacial score (nSPS) is 22.1. The lowest BCUT2D eigenvalue weighted by molar-refractivity contribution is -0.140. The number of sulfonamides is 1. The molecule has 2 heterocycles. The van der Waals surface area contributed by atoms with Crippen LogP contribution in [0.2, 0.25) is 5.02 Å². The van der Waals surface area contributed by atoms with Crippen LogP contribution in [0.4, 0.5) is 0 Å². The third-order valence-electron chi connectivity index (χ3n) is 6.99. The van der Waals surface area contributed by atoms with Crippen molar-refractivity contribution in [2.24, 2.45) is 0 Å². The summed E-state index contributed by atoms with van der Waals surface area (Å²) in [7, 11) is -2.14.